The SMILES string of the molecule is CC(=O)C(CCOCc1ccccc1)NC(=O)c1ccc(Br)cc1F. The van der Waals surface area contributed by atoms with Crippen molar-refractivity contribution < 1.29 is 18.7 Å². The summed E-state index contributed by atoms with van der Waals surface area (Å²) in [4.78, 5) is 23.9. The van der Waals surface area contributed by atoms with Crippen LogP contribution in [0.5, 0.6) is 0 Å². The molecule has 0 fully saturated rings. The van der Waals surface area contributed by atoms with Crippen LogP contribution in [0.4, 0.5) is 4.39 Å². The summed E-state index contributed by atoms with van der Waals surface area (Å²) in [6, 6.07) is 13.1. The number of carbonyl (C=O) groups excluding carboxylic acids is 2. The van der Waals surface area contributed by atoms with E-state index < -0.39 is 17.8 Å². The van der Waals surface area contributed by atoms with Gasteiger partial charge in [0.15, 0.2) is 5.78 Å². The minimum atomic E-state index is -0.716. The minimum Gasteiger partial charge on any atom is -0.377 e. The predicted molar refractivity (Wildman–Crippen MR) is 96.8 cm³/mol. The fourth-order valence-corrected chi connectivity index (χ4v) is 2.59. The van der Waals surface area contributed by atoms with E-state index in [1.54, 1.807) is 6.07 Å². The molecule has 2 aromatic rings. The molecule has 0 saturated carbocycles. The zero-order valence-electron chi connectivity index (χ0n) is 13.8. The predicted octanol–water partition coefficient (Wildman–Crippen LogP) is 3.88. The molecule has 1 atom stereocenters. The van der Waals surface area contributed by atoms with Crippen molar-refractivity contribution >= 4 is 27.6 Å². The highest BCUT2D eigenvalue weighted by Gasteiger charge is 2.20. The van der Waals surface area contributed by atoms with Crippen molar-refractivity contribution in [2.45, 2.75) is 26.0 Å². The Hall–Kier alpha value is -2.05. The molecule has 0 aliphatic heterocycles. The lowest BCUT2D eigenvalue weighted by Gasteiger charge is -2.16. The maximum Gasteiger partial charge on any atom is 0.254 e. The number of hydrogen-bond acceptors (Lipinski definition) is 3. The molecule has 4 nitrogen and oxygen atoms in total. The first-order chi connectivity index (χ1) is 12.0. The second-order valence-corrected chi connectivity index (χ2v) is 6.50. The van der Waals surface area contributed by atoms with Gasteiger partial charge in [-0.05, 0) is 37.1 Å². The molecular weight excluding hydrogens is 389 g/mol. The first kappa shape index (κ1) is 19.3. The number of ether oxygens (including phenoxy) is 1. The molecule has 0 bridgehead atoms. The summed E-state index contributed by atoms with van der Waals surface area (Å²) in [7, 11) is 0. The van der Waals surface area contributed by atoms with Gasteiger partial charge in [0.1, 0.15) is 5.82 Å². The van der Waals surface area contributed by atoms with Crippen molar-refractivity contribution in [3.8, 4) is 0 Å². The summed E-state index contributed by atoms with van der Waals surface area (Å²) in [6.07, 6.45) is 0.325. The zero-order chi connectivity index (χ0) is 18.2. The van der Waals surface area contributed by atoms with Crippen molar-refractivity contribution in [3.63, 3.8) is 0 Å². The van der Waals surface area contributed by atoms with Gasteiger partial charge in [0, 0.05) is 11.1 Å². The van der Waals surface area contributed by atoms with E-state index in [2.05, 4.69) is 21.2 Å². The van der Waals surface area contributed by atoms with Gasteiger partial charge in [-0.15, -0.1) is 0 Å². The van der Waals surface area contributed by atoms with Gasteiger partial charge in [0.2, 0.25) is 0 Å². The van der Waals surface area contributed by atoms with Gasteiger partial charge >= 0.3 is 0 Å². The quantitative estimate of drug-likeness (QED) is 0.675. The highest BCUT2D eigenvalue weighted by atomic mass is 79.9. The van der Waals surface area contributed by atoms with Crippen LogP contribution in [0.2, 0.25) is 0 Å². The molecule has 0 spiro atoms. The largest absolute Gasteiger partial charge is 0.377 e. The van der Waals surface area contributed by atoms with E-state index in [4.69, 9.17) is 4.74 Å². The molecule has 132 valence electrons. The van der Waals surface area contributed by atoms with Crippen LogP contribution < -0.4 is 5.32 Å². The van der Waals surface area contributed by atoms with E-state index in [1.807, 2.05) is 30.3 Å². The van der Waals surface area contributed by atoms with Gasteiger partial charge in [-0.2, -0.15) is 0 Å². The third-order valence-electron chi connectivity index (χ3n) is 3.63. The van der Waals surface area contributed by atoms with Gasteiger partial charge in [-0.1, -0.05) is 46.3 Å². The lowest BCUT2D eigenvalue weighted by molar-refractivity contribution is -0.119. The summed E-state index contributed by atoms with van der Waals surface area (Å²) < 4.78 is 19.9. The van der Waals surface area contributed by atoms with Crippen LogP contribution in [0.3, 0.4) is 0 Å². The fourth-order valence-electron chi connectivity index (χ4n) is 2.25. The van der Waals surface area contributed by atoms with Crippen LogP contribution in [-0.2, 0) is 16.1 Å². The maximum atomic E-state index is 13.8. The molecule has 0 aliphatic carbocycles. The molecule has 25 heavy (non-hydrogen) atoms. The molecule has 6 heteroatoms. The standard InChI is InChI=1S/C19H19BrFNO3/c1-13(23)18(9-10-25-12-14-5-3-2-4-6-14)22-19(24)16-8-7-15(20)11-17(16)21/h2-8,11,18H,9-10,12H2,1H3,(H,22,24). The van der Waals surface area contributed by atoms with Crippen molar-refractivity contribution in [2.75, 3.05) is 6.61 Å². The molecule has 0 saturated heterocycles. The Morgan fingerprint density at radius 1 is 1.20 bits per heavy atom. The molecule has 0 heterocycles. The van der Waals surface area contributed by atoms with E-state index >= 15 is 0 Å². The van der Waals surface area contributed by atoms with Crippen molar-refractivity contribution in [1.29, 1.82) is 0 Å². The maximum absolute atomic E-state index is 13.8. The van der Waals surface area contributed by atoms with E-state index in [0.29, 0.717) is 24.1 Å². The Bertz CT molecular complexity index is 737. The van der Waals surface area contributed by atoms with Crippen molar-refractivity contribution in [3.05, 3.63) is 69.9 Å². The fraction of sp³-hybridized carbons (Fsp3) is 0.263. The minimum absolute atomic E-state index is 0.0975. The van der Waals surface area contributed by atoms with E-state index in [-0.39, 0.29) is 11.3 Å². The second kappa shape index (κ2) is 9.44. The van der Waals surface area contributed by atoms with Gasteiger partial charge in [0.05, 0.1) is 18.2 Å². The van der Waals surface area contributed by atoms with E-state index in [1.165, 1.54) is 19.1 Å². The number of benzene rings is 2. The number of carbonyl (C=O) groups is 2. The number of ketones is 1. The number of nitrogens with one attached hydrogen (secondary N) is 1. The number of hydrogen-bond donors (Lipinski definition) is 1. The molecule has 1 N–H and O–H groups in total. The molecule has 0 aliphatic rings. The molecule has 2 rings (SSSR count). The van der Waals surface area contributed by atoms with Crippen LogP contribution in [0.15, 0.2) is 53.0 Å². The van der Waals surface area contributed by atoms with Crippen molar-refractivity contribution in [1.82, 2.24) is 5.32 Å². The lowest BCUT2D eigenvalue weighted by Crippen LogP contribution is -2.40. The van der Waals surface area contributed by atoms with Crippen molar-refractivity contribution in [2.24, 2.45) is 0 Å². The van der Waals surface area contributed by atoms with Gasteiger partial charge in [-0.25, -0.2) is 4.39 Å². The number of rotatable bonds is 8. The monoisotopic (exact) mass is 407 g/mol. The van der Waals surface area contributed by atoms with Crippen LogP contribution >= 0.6 is 15.9 Å². The lowest BCUT2D eigenvalue weighted by atomic mass is 10.1. The Morgan fingerprint density at radius 3 is 2.56 bits per heavy atom. The van der Waals surface area contributed by atoms with Gasteiger partial charge in [0.25, 0.3) is 5.91 Å². The molecule has 2 aromatic carbocycles. The molecule has 0 aromatic heterocycles. The average Bonchev–Trinajstić information content (AvgIpc) is 2.58. The highest BCUT2D eigenvalue weighted by molar-refractivity contribution is 9.10. The van der Waals surface area contributed by atoms with Gasteiger partial charge < -0.3 is 10.1 Å². The topological polar surface area (TPSA) is 55.4 Å². The second-order valence-electron chi connectivity index (χ2n) is 5.59. The summed E-state index contributed by atoms with van der Waals surface area (Å²) in [6.45, 7) is 2.13. The molecule has 1 unspecified atom stereocenters. The van der Waals surface area contributed by atoms with Crippen LogP contribution in [0, 0.1) is 5.82 Å². The molecule has 0 radical (unpaired) electrons. The Balaban J connectivity index is 1.87. The number of amides is 1. The zero-order valence-corrected chi connectivity index (χ0v) is 15.4. The Labute approximate surface area is 154 Å². The normalized spacial score (nSPS) is 11.8. The Kier molecular flexibility index (Phi) is 7.28. The van der Waals surface area contributed by atoms with Gasteiger partial charge in [-0.3, -0.25) is 9.59 Å². The van der Waals surface area contributed by atoms with Crippen LogP contribution in [0.1, 0.15) is 29.3 Å². The van der Waals surface area contributed by atoms with Crippen LogP contribution in [-0.4, -0.2) is 24.3 Å². The summed E-state index contributed by atoms with van der Waals surface area (Å²) >= 11 is 3.14. The average molecular weight is 408 g/mol. The third kappa shape index (κ3) is 6.07. The first-order valence-electron chi connectivity index (χ1n) is 7.85. The van der Waals surface area contributed by atoms with Crippen LogP contribution in [0.25, 0.3) is 0 Å². The molecule has 1 amide bonds. The molecular formula is C19H19BrFNO3. The van der Waals surface area contributed by atoms with E-state index in [0.717, 1.165) is 5.56 Å². The number of Topliss-reactive ketones (excluding diaryl/α,β-unsaturated/α-hetero) is 1. The van der Waals surface area contributed by atoms with E-state index in [9.17, 15) is 14.0 Å². The summed E-state index contributed by atoms with van der Waals surface area (Å²) in [5.74, 6) is -1.46. The third-order valence-corrected chi connectivity index (χ3v) is 4.13. The summed E-state index contributed by atoms with van der Waals surface area (Å²) in [5, 5.41) is 2.57. The number of halogens is 2. The first-order valence-corrected chi connectivity index (χ1v) is 8.64. The smallest absolute Gasteiger partial charge is 0.254 e. The Morgan fingerprint density at radius 2 is 1.92 bits per heavy atom. The summed E-state index contributed by atoms with van der Waals surface area (Å²) in [5.41, 5.74) is 0.933. The highest BCUT2D eigenvalue weighted by Crippen LogP contribution is 2.15.